The van der Waals surface area contributed by atoms with E-state index in [4.69, 9.17) is 19.0 Å². The Morgan fingerprint density at radius 1 is 0.914 bits per heavy atom. The minimum Gasteiger partial charge on any atom is -0.494 e. The van der Waals surface area contributed by atoms with Gasteiger partial charge in [-0.3, -0.25) is 14.4 Å². The highest BCUT2D eigenvalue weighted by molar-refractivity contribution is 6.02. The van der Waals surface area contributed by atoms with Gasteiger partial charge in [-0.1, -0.05) is 69.2 Å². The molecular weight excluding hydrogens is 733 g/mol. The molecule has 11 nitrogen and oxygen atoms in total. The molecule has 4 saturated carbocycles. The Bertz CT molecular complexity index is 2000. The van der Waals surface area contributed by atoms with Gasteiger partial charge in [0.05, 0.1) is 36.8 Å². The van der Waals surface area contributed by atoms with E-state index in [1.165, 1.54) is 5.57 Å². The Morgan fingerprint density at radius 3 is 2.17 bits per heavy atom. The van der Waals surface area contributed by atoms with Crippen LogP contribution in [0, 0.1) is 62.1 Å². The topological polar surface area (TPSA) is 155 Å². The number of aromatic nitrogens is 4. The lowest BCUT2D eigenvalue weighted by Gasteiger charge is -2.76. The molecule has 2 aromatic heterocycles. The molecule has 0 saturated heterocycles. The Morgan fingerprint density at radius 2 is 1.57 bits per heavy atom. The van der Waals surface area contributed by atoms with E-state index in [1.807, 2.05) is 0 Å². The second-order valence-corrected chi connectivity index (χ2v) is 21.6. The van der Waals surface area contributed by atoms with Gasteiger partial charge in [0.1, 0.15) is 6.10 Å². The zero-order valence-corrected chi connectivity index (χ0v) is 37.4. The number of fused-ring (bicyclic) bond motifs is 7. The number of esters is 1. The molecule has 5 aliphatic rings. The minimum atomic E-state index is -1.18. The molecule has 9 atom stereocenters. The predicted molar refractivity (Wildman–Crippen MR) is 219 cm³/mol. The maximum Gasteiger partial charge on any atom is 0.309 e. The van der Waals surface area contributed by atoms with Crippen molar-refractivity contribution in [2.75, 3.05) is 7.11 Å². The molecule has 0 radical (unpaired) electrons. The molecule has 1 N–H and O–H groups in total. The Kier molecular flexibility index (Phi) is 10.2. The van der Waals surface area contributed by atoms with Gasteiger partial charge in [-0.25, -0.2) is 9.97 Å². The van der Waals surface area contributed by atoms with Gasteiger partial charge in [-0.05, 0) is 122 Å². The van der Waals surface area contributed by atoms with Crippen molar-refractivity contribution in [1.82, 2.24) is 20.2 Å². The van der Waals surface area contributed by atoms with Crippen molar-refractivity contribution in [3.05, 3.63) is 29.4 Å². The molecule has 5 aliphatic carbocycles. The van der Waals surface area contributed by atoms with Gasteiger partial charge in [0.25, 0.3) is 5.89 Å². The van der Waals surface area contributed by atoms with Gasteiger partial charge in [-0.15, -0.1) is 10.2 Å². The number of methoxy groups -OCH3 is 1. The van der Waals surface area contributed by atoms with Crippen LogP contribution in [0.1, 0.15) is 153 Å². The molecule has 58 heavy (non-hydrogen) atoms. The van der Waals surface area contributed by atoms with Gasteiger partial charge in [-0.2, -0.15) is 0 Å². The fraction of sp³-hybridized carbons (Fsp3) is 0.766. The van der Waals surface area contributed by atoms with Gasteiger partial charge in [0, 0.05) is 17.3 Å². The molecule has 7 rings (SSSR count). The van der Waals surface area contributed by atoms with Crippen LogP contribution in [0.25, 0.3) is 11.7 Å². The summed E-state index contributed by atoms with van der Waals surface area (Å²) in [4.78, 5) is 48.7. The molecule has 0 spiro atoms. The van der Waals surface area contributed by atoms with Crippen LogP contribution in [-0.2, 0) is 24.5 Å². The summed E-state index contributed by atoms with van der Waals surface area (Å²) in [6, 6.07) is 0. The molecule has 0 aromatic carbocycles. The highest BCUT2D eigenvalue weighted by Crippen LogP contribution is 2.82. The van der Waals surface area contributed by atoms with Crippen molar-refractivity contribution < 1.29 is 33.4 Å². The summed E-state index contributed by atoms with van der Waals surface area (Å²) in [6.07, 6.45) is 10.6. The second-order valence-electron chi connectivity index (χ2n) is 21.6. The molecule has 9 unspecified atom stereocenters. The van der Waals surface area contributed by atoms with E-state index in [-0.39, 0.29) is 63.1 Å². The molecule has 11 heteroatoms. The van der Waals surface area contributed by atoms with Crippen molar-refractivity contribution >= 4 is 17.7 Å². The highest BCUT2D eigenvalue weighted by atomic mass is 16.5. The minimum absolute atomic E-state index is 0.00498. The number of rotatable bonds is 10. The number of carbonyl (C=O) groups excluding carboxylic acids is 2. The summed E-state index contributed by atoms with van der Waals surface area (Å²) in [6.45, 7) is 26.9. The SMILES string of the molecule is COc1cnc(-c2nnc(C34CCC5(C)C6(C)CCC7C(C)(C)C(OC(=O)CC(C)(C)C(=O)O)CCC7(C)C6CCC5(C(C)C(C)C)C3=C(C(C)C)C(=O)C4)o2)nc1. The van der Waals surface area contributed by atoms with E-state index >= 15 is 0 Å². The number of aliphatic carboxylic acids is 1. The normalized spacial score (nSPS) is 36.2. The van der Waals surface area contributed by atoms with Crippen LogP contribution >= 0.6 is 0 Å². The lowest BCUT2D eigenvalue weighted by molar-refractivity contribution is -0.261. The standard InChI is InChI=1S/C47H68N4O7/c1-26(2)28(5)47-19-15-32-43(10)17-16-33(57-34(53)23-41(6,7)40(54)55)42(8,9)31(43)14-18-44(32,11)45(47,12)20-21-46(22-30(52)35(27(3)4)36(46)47)39-51-50-38(58-39)37-48-24-29(56-13)25-49-37/h24-28,31-33H,14-23H2,1-13H3,(H,54,55). The van der Waals surface area contributed by atoms with E-state index in [2.05, 4.69) is 84.3 Å². The number of ether oxygens (including phenoxy) is 2. The first-order valence-electron chi connectivity index (χ1n) is 21.9. The Balaban J connectivity index is 1.30. The lowest BCUT2D eigenvalue weighted by Crippen LogP contribution is -2.70. The van der Waals surface area contributed by atoms with Gasteiger partial charge >= 0.3 is 11.9 Å². The number of carboxylic acids is 1. The first-order valence-corrected chi connectivity index (χ1v) is 21.9. The molecule has 4 fully saturated rings. The fourth-order valence-electron chi connectivity index (χ4n) is 14.4. The van der Waals surface area contributed by atoms with Crippen LogP contribution in [0.5, 0.6) is 5.75 Å². The lowest BCUT2D eigenvalue weighted by atomic mass is 9.28. The molecule has 0 amide bonds. The first-order chi connectivity index (χ1) is 27.0. The maximum atomic E-state index is 14.7. The van der Waals surface area contributed by atoms with E-state index in [1.54, 1.807) is 33.4 Å². The van der Waals surface area contributed by atoms with Crippen LogP contribution in [0.4, 0.5) is 0 Å². The van der Waals surface area contributed by atoms with Crippen LogP contribution in [-0.4, -0.2) is 56.2 Å². The maximum absolute atomic E-state index is 14.7. The van der Waals surface area contributed by atoms with Gasteiger partial charge < -0.3 is 19.0 Å². The van der Waals surface area contributed by atoms with Crippen LogP contribution in [0.2, 0.25) is 0 Å². The molecule has 2 aromatic rings. The quantitative estimate of drug-likeness (QED) is 0.228. The zero-order chi connectivity index (χ0) is 42.6. The van der Waals surface area contributed by atoms with E-state index < -0.39 is 22.8 Å². The van der Waals surface area contributed by atoms with E-state index in [0.29, 0.717) is 41.6 Å². The summed E-state index contributed by atoms with van der Waals surface area (Å²) in [5.74, 6) is 1.81. The van der Waals surface area contributed by atoms with Gasteiger partial charge in [0.2, 0.25) is 11.7 Å². The highest BCUT2D eigenvalue weighted by Gasteiger charge is 2.76. The Labute approximate surface area is 345 Å². The summed E-state index contributed by atoms with van der Waals surface area (Å²) in [5.41, 5.74) is -0.430. The van der Waals surface area contributed by atoms with Crippen LogP contribution in [0.3, 0.4) is 0 Å². The van der Waals surface area contributed by atoms with Crippen molar-refractivity contribution in [2.45, 2.75) is 159 Å². The first kappa shape index (κ1) is 42.5. The van der Waals surface area contributed by atoms with Crippen LogP contribution < -0.4 is 4.74 Å². The van der Waals surface area contributed by atoms with E-state index in [9.17, 15) is 19.5 Å². The number of carboxylic acid groups (broad SMARTS) is 1. The summed E-state index contributed by atoms with van der Waals surface area (Å²) >= 11 is 0. The van der Waals surface area contributed by atoms with Crippen molar-refractivity contribution in [2.24, 2.45) is 62.1 Å². The zero-order valence-electron chi connectivity index (χ0n) is 37.4. The predicted octanol–water partition coefficient (Wildman–Crippen LogP) is 9.84. The third-order valence-corrected chi connectivity index (χ3v) is 17.8. The third kappa shape index (κ3) is 5.80. The number of carbonyl (C=O) groups is 3. The second kappa shape index (κ2) is 14.0. The number of allylic oxidation sites excluding steroid dienone is 2. The number of ketones is 1. The summed E-state index contributed by atoms with van der Waals surface area (Å²) in [5, 5.41) is 19.0. The van der Waals surface area contributed by atoms with Crippen molar-refractivity contribution in [1.29, 1.82) is 0 Å². The van der Waals surface area contributed by atoms with Crippen LogP contribution in [0.15, 0.2) is 28.0 Å². The average molecular weight is 801 g/mol. The number of Topliss-reactive ketones (excluding diaryl/α,β-unsaturated/α-hetero) is 1. The molecular formula is C47H68N4O7. The summed E-state index contributed by atoms with van der Waals surface area (Å²) < 4.78 is 18.2. The summed E-state index contributed by atoms with van der Waals surface area (Å²) in [7, 11) is 1.57. The number of hydrogen-bond acceptors (Lipinski definition) is 10. The third-order valence-electron chi connectivity index (χ3n) is 17.8. The van der Waals surface area contributed by atoms with Crippen molar-refractivity contribution in [3.8, 4) is 17.5 Å². The molecule has 0 bridgehead atoms. The molecule has 2 heterocycles. The largest absolute Gasteiger partial charge is 0.494 e. The molecule has 0 aliphatic heterocycles. The van der Waals surface area contributed by atoms with Gasteiger partial charge in [0.15, 0.2) is 11.5 Å². The Hall–Kier alpha value is -3.63. The smallest absolute Gasteiger partial charge is 0.309 e. The van der Waals surface area contributed by atoms with E-state index in [0.717, 1.165) is 56.9 Å². The van der Waals surface area contributed by atoms with Crippen molar-refractivity contribution in [3.63, 3.8) is 0 Å². The number of hydrogen-bond donors (Lipinski definition) is 1. The average Bonchev–Trinajstić information content (AvgIpc) is 3.76. The number of nitrogens with zero attached hydrogens (tertiary/aromatic N) is 4. The molecule has 318 valence electrons. The fourth-order valence-corrected chi connectivity index (χ4v) is 14.4. The monoisotopic (exact) mass is 801 g/mol.